The van der Waals surface area contributed by atoms with Crippen LogP contribution in [0.3, 0.4) is 0 Å². The Labute approximate surface area is 116 Å². The van der Waals surface area contributed by atoms with Crippen molar-refractivity contribution in [1.82, 2.24) is 5.32 Å². The fourth-order valence-electron chi connectivity index (χ4n) is 4.05. The van der Waals surface area contributed by atoms with E-state index in [0.717, 1.165) is 12.8 Å². The highest BCUT2D eigenvalue weighted by molar-refractivity contribution is 5.74. The molecule has 1 amide bonds. The molecule has 0 radical (unpaired) electrons. The molecule has 3 aliphatic rings. The van der Waals surface area contributed by atoms with Gasteiger partial charge in [-0.05, 0) is 36.5 Å². The first-order valence-electron chi connectivity index (χ1n) is 7.20. The lowest BCUT2D eigenvalue weighted by Gasteiger charge is -2.53. The second-order valence-electron chi connectivity index (χ2n) is 7.64. The third-order valence-electron chi connectivity index (χ3n) is 5.77. The van der Waals surface area contributed by atoms with Crippen LogP contribution in [0.25, 0.3) is 0 Å². The van der Waals surface area contributed by atoms with E-state index in [9.17, 15) is 9.90 Å². The van der Waals surface area contributed by atoms with Gasteiger partial charge < -0.3 is 10.4 Å². The molecule has 3 unspecified atom stereocenters. The molecule has 3 heteroatoms. The summed E-state index contributed by atoms with van der Waals surface area (Å²) in [6.07, 6.45) is 3.39. The van der Waals surface area contributed by atoms with E-state index in [1.54, 1.807) is 0 Å². The van der Waals surface area contributed by atoms with Gasteiger partial charge in [-0.2, -0.15) is 0 Å². The van der Waals surface area contributed by atoms with Gasteiger partial charge >= 0.3 is 0 Å². The van der Waals surface area contributed by atoms with Gasteiger partial charge in [0, 0.05) is 6.92 Å². The molecule has 3 atom stereocenters. The molecule has 108 valence electrons. The first kappa shape index (κ1) is 14.6. The number of aliphatic hydroxyl groups is 1. The predicted octanol–water partition coefficient (Wildman–Crippen LogP) is 2.64. The molecular weight excluding hydrogens is 238 g/mol. The number of rotatable bonds is 1. The maximum atomic E-state index is 11.7. The number of allylic oxidation sites excluding steroid dienone is 1. The van der Waals surface area contributed by atoms with Crippen molar-refractivity contribution in [2.75, 3.05) is 0 Å². The fraction of sp³-hybridized carbons (Fsp3) is 0.812. The van der Waals surface area contributed by atoms with Gasteiger partial charge in [0.15, 0.2) is 0 Å². The average molecular weight is 265 g/mol. The van der Waals surface area contributed by atoms with Gasteiger partial charge in [-0.3, -0.25) is 4.79 Å². The summed E-state index contributed by atoms with van der Waals surface area (Å²) in [4.78, 5) is 11.7. The van der Waals surface area contributed by atoms with E-state index in [0.29, 0.717) is 5.92 Å². The second-order valence-corrected chi connectivity index (χ2v) is 7.64. The molecule has 2 N–H and O–H groups in total. The Morgan fingerprint density at radius 1 is 1.37 bits per heavy atom. The summed E-state index contributed by atoms with van der Waals surface area (Å²) < 4.78 is 0. The van der Waals surface area contributed by atoms with Crippen LogP contribution in [-0.4, -0.2) is 22.7 Å². The molecule has 0 aromatic heterocycles. The Kier molecular flexibility index (Phi) is 3.13. The van der Waals surface area contributed by atoms with Gasteiger partial charge in [0.1, 0.15) is 0 Å². The first-order valence-corrected chi connectivity index (χ1v) is 7.20. The van der Waals surface area contributed by atoms with Crippen molar-refractivity contribution in [1.29, 1.82) is 0 Å². The van der Waals surface area contributed by atoms with Crippen molar-refractivity contribution >= 4 is 5.91 Å². The number of nitrogens with one attached hydrogen (secondary N) is 1. The Morgan fingerprint density at radius 2 is 1.95 bits per heavy atom. The van der Waals surface area contributed by atoms with E-state index < -0.39 is 11.6 Å². The smallest absolute Gasteiger partial charge is 0.217 e. The molecule has 1 fully saturated rings. The third kappa shape index (κ3) is 1.94. The summed E-state index contributed by atoms with van der Waals surface area (Å²) in [5.41, 5.74) is 0.575. The van der Waals surface area contributed by atoms with Crippen molar-refractivity contribution in [3.8, 4) is 0 Å². The van der Waals surface area contributed by atoms with Crippen molar-refractivity contribution in [2.45, 2.75) is 66.0 Å². The summed E-state index contributed by atoms with van der Waals surface area (Å²) >= 11 is 0. The molecule has 0 aromatic carbocycles. The number of carbonyl (C=O) groups is 1. The Hall–Kier alpha value is -0.830. The highest BCUT2D eigenvalue weighted by atomic mass is 16.3. The van der Waals surface area contributed by atoms with Crippen LogP contribution < -0.4 is 5.32 Å². The SMILES string of the molecule is CC(=O)NC12C=C(C)C(C)(C)C(CC1O)CC2(C)C. The van der Waals surface area contributed by atoms with E-state index in [1.807, 2.05) is 0 Å². The zero-order valence-electron chi connectivity index (χ0n) is 13.0. The third-order valence-corrected chi connectivity index (χ3v) is 5.77. The van der Waals surface area contributed by atoms with E-state index in [-0.39, 0.29) is 16.7 Å². The highest BCUT2D eigenvalue weighted by Crippen LogP contribution is 2.57. The van der Waals surface area contributed by atoms with Crippen molar-refractivity contribution < 1.29 is 9.90 Å². The Bertz CT molecular complexity index is 436. The van der Waals surface area contributed by atoms with Gasteiger partial charge in [0.25, 0.3) is 0 Å². The predicted molar refractivity (Wildman–Crippen MR) is 76.6 cm³/mol. The number of aliphatic hydroxyl groups excluding tert-OH is 1. The lowest BCUT2D eigenvalue weighted by molar-refractivity contribution is -0.127. The Morgan fingerprint density at radius 3 is 2.42 bits per heavy atom. The van der Waals surface area contributed by atoms with E-state index in [2.05, 4.69) is 46.0 Å². The van der Waals surface area contributed by atoms with Crippen LogP contribution in [0.15, 0.2) is 11.6 Å². The topological polar surface area (TPSA) is 49.3 Å². The fourth-order valence-corrected chi connectivity index (χ4v) is 4.05. The zero-order chi connectivity index (χ0) is 14.6. The maximum Gasteiger partial charge on any atom is 0.217 e. The monoisotopic (exact) mass is 265 g/mol. The summed E-state index contributed by atoms with van der Waals surface area (Å²) in [6.45, 7) is 12.5. The van der Waals surface area contributed by atoms with Gasteiger partial charge in [0.2, 0.25) is 5.91 Å². The standard InChI is InChI=1S/C16H27NO2/c1-10-8-16(17-11(2)18)13(19)7-12(15(10,5)6)9-14(16,3)4/h8,12-13,19H,7,9H2,1-6H3,(H,17,18). The molecule has 0 saturated heterocycles. The lowest BCUT2D eigenvalue weighted by Crippen LogP contribution is -2.66. The van der Waals surface area contributed by atoms with E-state index in [1.165, 1.54) is 12.5 Å². The quantitative estimate of drug-likeness (QED) is 0.716. The van der Waals surface area contributed by atoms with E-state index in [4.69, 9.17) is 0 Å². The lowest BCUT2D eigenvalue weighted by atomic mass is 9.57. The molecule has 3 rings (SSSR count). The summed E-state index contributed by atoms with van der Waals surface area (Å²) in [5.74, 6) is 0.382. The number of fused-ring (bicyclic) bond motifs is 3. The van der Waals surface area contributed by atoms with Crippen LogP contribution >= 0.6 is 0 Å². The average Bonchev–Trinajstić information content (AvgIpc) is 2.31. The molecular formula is C16H27NO2. The minimum absolute atomic E-state index is 0.0747. The van der Waals surface area contributed by atoms with Crippen molar-refractivity contribution in [3.63, 3.8) is 0 Å². The molecule has 0 heterocycles. The van der Waals surface area contributed by atoms with Crippen molar-refractivity contribution in [2.24, 2.45) is 16.7 Å². The molecule has 3 nitrogen and oxygen atoms in total. The van der Waals surface area contributed by atoms with Gasteiger partial charge in [-0.25, -0.2) is 0 Å². The maximum absolute atomic E-state index is 11.7. The minimum Gasteiger partial charge on any atom is -0.390 e. The van der Waals surface area contributed by atoms with Crippen LogP contribution in [0.2, 0.25) is 0 Å². The number of carbonyl (C=O) groups excluding carboxylic acids is 1. The molecule has 0 aliphatic heterocycles. The highest BCUT2D eigenvalue weighted by Gasteiger charge is 2.58. The molecule has 19 heavy (non-hydrogen) atoms. The van der Waals surface area contributed by atoms with Crippen LogP contribution in [0, 0.1) is 16.7 Å². The summed E-state index contributed by atoms with van der Waals surface area (Å²) in [7, 11) is 0. The van der Waals surface area contributed by atoms with Gasteiger partial charge in [-0.1, -0.05) is 39.3 Å². The number of hydrogen-bond acceptors (Lipinski definition) is 2. The molecule has 1 saturated carbocycles. The molecule has 2 bridgehead atoms. The number of amides is 1. The number of hydrogen-bond donors (Lipinski definition) is 2. The van der Waals surface area contributed by atoms with Crippen LogP contribution in [0.4, 0.5) is 0 Å². The van der Waals surface area contributed by atoms with Gasteiger partial charge in [-0.15, -0.1) is 0 Å². The van der Waals surface area contributed by atoms with E-state index >= 15 is 0 Å². The Balaban J connectivity index is 2.62. The molecule has 3 aliphatic carbocycles. The summed E-state index contributed by atoms with van der Waals surface area (Å²) in [5, 5.41) is 13.8. The normalized spacial score (nSPS) is 39.4. The van der Waals surface area contributed by atoms with Crippen LogP contribution in [0.1, 0.15) is 54.4 Å². The molecule has 0 spiro atoms. The van der Waals surface area contributed by atoms with Crippen LogP contribution in [0.5, 0.6) is 0 Å². The van der Waals surface area contributed by atoms with Crippen molar-refractivity contribution in [3.05, 3.63) is 11.6 Å². The molecule has 0 aromatic rings. The van der Waals surface area contributed by atoms with Gasteiger partial charge in [0.05, 0.1) is 11.6 Å². The zero-order valence-corrected chi connectivity index (χ0v) is 13.0. The first-order chi connectivity index (χ1) is 8.53. The largest absolute Gasteiger partial charge is 0.390 e. The second kappa shape index (κ2) is 4.08. The van der Waals surface area contributed by atoms with Crippen LogP contribution in [-0.2, 0) is 4.79 Å². The minimum atomic E-state index is -0.632. The summed E-state index contributed by atoms with van der Waals surface area (Å²) in [6, 6.07) is 0.